The third kappa shape index (κ3) is 5.51. The van der Waals surface area contributed by atoms with Gasteiger partial charge in [-0.2, -0.15) is 13.2 Å². The molecule has 0 fully saturated rings. The van der Waals surface area contributed by atoms with Gasteiger partial charge in [0.15, 0.2) is 0 Å². The van der Waals surface area contributed by atoms with Gasteiger partial charge >= 0.3 is 6.18 Å². The van der Waals surface area contributed by atoms with E-state index in [0.717, 1.165) is 5.56 Å². The minimum atomic E-state index is -4.13. The van der Waals surface area contributed by atoms with Crippen molar-refractivity contribution >= 4 is 5.69 Å². The Bertz CT molecular complexity index is 396. The van der Waals surface area contributed by atoms with Crippen molar-refractivity contribution in [2.24, 2.45) is 0 Å². The number of halogens is 3. The van der Waals surface area contributed by atoms with Crippen molar-refractivity contribution in [1.82, 2.24) is 5.32 Å². The summed E-state index contributed by atoms with van der Waals surface area (Å²) in [5.41, 5.74) is 7.11. The Kier molecular flexibility index (Phi) is 4.85. The molecule has 1 aromatic rings. The maximum Gasteiger partial charge on any atom is 0.390 e. The second kappa shape index (κ2) is 5.82. The van der Waals surface area contributed by atoms with Gasteiger partial charge in [0.05, 0.1) is 6.42 Å². The van der Waals surface area contributed by atoms with Crippen molar-refractivity contribution in [2.45, 2.75) is 44.8 Å². The summed E-state index contributed by atoms with van der Waals surface area (Å²) in [4.78, 5) is 0. The molecule has 108 valence electrons. The van der Waals surface area contributed by atoms with Crippen LogP contribution >= 0.6 is 0 Å². The molecule has 0 saturated heterocycles. The number of alkyl halides is 3. The lowest BCUT2D eigenvalue weighted by atomic mass is 9.84. The minimum absolute atomic E-state index is 0.243. The first-order valence-corrected chi connectivity index (χ1v) is 6.26. The summed E-state index contributed by atoms with van der Waals surface area (Å²) in [7, 11) is 0. The smallest absolute Gasteiger partial charge is 0.390 e. The molecule has 0 aliphatic carbocycles. The Balaban J connectivity index is 2.58. The first-order valence-electron chi connectivity index (χ1n) is 6.26. The van der Waals surface area contributed by atoms with Gasteiger partial charge in [0.25, 0.3) is 0 Å². The van der Waals surface area contributed by atoms with Crippen LogP contribution in [0.15, 0.2) is 24.3 Å². The SMILES string of the molecule is CC(CC(F)(F)F)NCC(C)(C)c1ccc(N)cc1. The highest BCUT2D eigenvalue weighted by molar-refractivity contribution is 5.41. The molecule has 0 heterocycles. The van der Waals surface area contributed by atoms with Crippen molar-refractivity contribution < 1.29 is 13.2 Å². The van der Waals surface area contributed by atoms with E-state index in [0.29, 0.717) is 12.2 Å². The molecule has 1 unspecified atom stereocenters. The predicted octanol–water partition coefficient (Wildman–Crippen LogP) is 3.48. The van der Waals surface area contributed by atoms with Crippen LogP contribution < -0.4 is 11.1 Å². The molecule has 5 heteroatoms. The van der Waals surface area contributed by atoms with Crippen molar-refractivity contribution in [3.8, 4) is 0 Å². The van der Waals surface area contributed by atoms with Crippen LogP contribution in [0.25, 0.3) is 0 Å². The molecule has 0 spiro atoms. The second-order valence-electron chi connectivity index (χ2n) is 5.61. The van der Waals surface area contributed by atoms with Crippen LogP contribution in [0.3, 0.4) is 0 Å². The van der Waals surface area contributed by atoms with E-state index >= 15 is 0 Å². The quantitative estimate of drug-likeness (QED) is 0.807. The third-order valence-electron chi connectivity index (χ3n) is 3.12. The molecule has 0 aliphatic rings. The number of hydrogen-bond donors (Lipinski definition) is 2. The third-order valence-corrected chi connectivity index (χ3v) is 3.12. The molecule has 0 radical (unpaired) electrons. The standard InChI is InChI=1S/C14H21F3N2/c1-10(8-14(15,16)17)19-9-13(2,3)11-4-6-12(18)7-5-11/h4-7,10,19H,8-9,18H2,1-3H3. The number of nitrogens with two attached hydrogens (primary N) is 1. The topological polar surface area (TPSA) is 38.0 Å². The van der Waals surface area contributed by atoms with Gasteiger partial charge in [-0.1, -0.05) is 26.0 Å². The first kappa shape index (κ1) is 15.8. The molecule has 1 aromatic carbocycles. The van der Waals surface area contributed by atoms with Gasteiger partial charge in [-0.15, -0.1) is 0 Å². The van der Waals surface area contributed by atoms with Gasteiger partial charge < -0.3 is 11.1 Å². The van der Waals surface area contributed by atoms with E-state index < -0.39 is 18.6 Å². The molecule has 0 amide bonds. The lowest BCUT2D eigenvalue weighted by molar-refractivity contribution is -0.139. The van der Waals surface area contributed by atoms with Gasteiger partial charge in [0.2, 0.25) is 0 Å². The van der Waals surface area contributed by atoms with E-state index in [4.69, 9.17) is 5.73 Å². The van der Waals surface area contributed by atoms with Crippen LogP contribution in [-0.4, -0.2) is 18.8 Å². The van der Waals surface area contributed by atoms with E-state index in [2.05, 4.69) is 5.32 Å². The number of benzene rings is 1. The fraction of sp³-hybridized carbons (Fsp3) is 0.571. The molecule has 19 heavy (non-hydrogen) atoms. The Hall–Kier alpha value is -1.23. The average Bonchev–Trinajstić information content (AvgIpc) is 2.25. The monoisotopic (exact) mass is 274 g/mol. The van der Waals surface area contributed by atoms with E-state index in [1.807, 2.05) is 26.0 Å². The number of nitrogen functional groups attached to an aromatic ring is 1. The van der Waals surface area contributed by atoms with E-state index in [1.165, 1.54) is 0 Å². The van der Waals surface area contributed by atoms with Crippen LogP contribution in [0.1, 0.15) is 32.8 Å². The largest absolute Gasteiger partial charge is 0.399 e. The van der Waals surface area contributed by atoms with E-state index in [1.54, 1.807) is 19.1 Å². The lowest BCUT2D eigenvalue weighted by Crippen LogP contribution is -2.39. The number of rotatable bonds is 5. The van der Waals surface area contributed by atoms with Gasteiger partial charge in [-0.3, -0.25) is 0 Å². The number of hydrogen-bond acceptors (Lipinski definition) is 2. The zero-order chi connectivity index (χ0) is 14.7. The predicted molar refractivity (Wildman–Crippen MR) is 72.0 cm³/mol. The zero-order valence-corrected chi connectivity index (χ0v) is 11.5. The zero-order valence-electron chi connectivity index (χ0n) is 11.5. The fourth-order valence-electron chi connectivity index (χ4n) is 1.89. The lowest BCUT2D eigenvalue weighted by Gasteiger charge is -2.28. The first-order chi connectivity index (χ1) is 8.60. The molecule has 0 saturated carbocycles. The molecule has 1 atom stereocenters. The van der Waals surface area contributed by atoms with Gasteiger partial charge in [0.1, 0.15) is 0 Å². The molecular formula is C14H21F3N2. The molecule has 0 aliphatic heterocycles. The summed E-state index contributed by atoms with van der Waals surface area (Å²) in [6.45, 7) is 6.01. The summed E-state index contributed by atoms with van der Waals surface area (Å²) < 4.78 is 36.7. The fourth-order valence-corrected chi connectivity index (χ4v) is 1.89. The summed E-state index contributed by atoms with van der Waals surface area (Å²) in [6.07, 6.45) is -4.94. The van der Waals surface area contributed by atoms with Crippen molar-refractivity contribution in [3.05, 3.63) is 29.8 Å². The van der Waals surface area contributed by atoms with Gasteiger partial charge in [0, 0.05) is 23.7 Å². The maximum atomic E-state index is 12.2. The number of nitrogens with one attached hydrogen (secondary N) is 1. The van der Waals surface area contributed by atoms with E-state index in [9.17, 15) is 13.2 Å². The summed E-state index contributed by atoms with van der Waals surface area (Å²) in [5.74, 6) is 0. The highest BCUT2D eigenvalue weighted by Crippen LogP contribution is 2.25. The van der Waals surface area contributed by atoms with Gasteiger partial charge in [-0.25, -0.2) is 0 Å². The van der Waals surface area contributed by atoms with Crippen molar-refractivity contribution in [3.63, 3.8) is 0 Å². The van der Waals surface area contributed by atoms with Crippen LogP contribution in [-0.2, 0) is 5.41 Å². The molecule has 2 nitrogen and oxygen atoms in total. The Labute approximate surface area is 112 Å². The van der Waals surface area contributed by atoms with Gasteiger partial charge in [-0.05, 0) is 24.6 Å². The normalized spacial score (nSPS) is 14.4. The Morgan fingerprint density at radius 3 is 2.16 bits per heavy atom. The molecule has 0 aromatic heterocycles. The maximum absolute atomic E-state index is 12.2. The summed E-state index contributed by atoms with van der Waals surface area (Å²) >= 11 is 0. The van der Waals surface area contributed by atoms with Crippen molar-refractivity contribution in [2.75, 3.05) is 12.3 Å². The Morgan fingerprint density at radius 1 is 1.16 bits per heavy atom. The average molecular weight is 274 g/mol. The van der Waals surface area contributed by atoms with Crippen LogP contribution in [0.2, 0.25) is 0 Å². The Morgan fingerprint density at radius 2 is 1.68 bits per heavy atom. The van der Waals surface area contributed by atoms with Crippen LogP contribution in [0.5, 0.6) is 0 Å². The molecule has 3 N–H and O–H groups in total. The highest BCUT2D eigenvalue weighted by Gasteiger charge is 2.30. The van der Waals surface area contributed by atoms with E-state index in [-0.39, 0.29) is 5.41 Å². The highest BCUT2D eigenvalue weighted by atomic mass is 19.4. The minimum Gasteiger partial charge on any atom is -0.399 e. The molecule has 0 bridgehead atoms. The van der Waals surface area contributed by atoms with Crippen LogP contribution in [0.4, 0.5) is 18.9 Å². The number of anilines is 1. The summed E-state index contributed by atoms with van der Waals surface area (Å²) in [5, 5.41) is 2.94. The summed E-state index contributed by atoms with van der Waals surface area (Å²) in [6, 6.07) is 6.83. The van der Waals surface area contributed by atoms with Crippen molar-refractivity contribution in [1.29, 1.82) is 0 Å². The molecular weight excluding hydrogens is 253 g/mol. The van der Waals surface area contributed by atoms with Crippen LogP contribution in [0, 0.1) is 0 Å². The second-order valence-corrected chi connectivity index (χ2v) is 5.61. The molecule has 1 rings (SSSR count).